The number of halogens is 1. The molecule has 5 heteroatoms. The first-order valence-corrected chi connectivity index (χ1v) is 7.37. The van der Waals surface area contributed by atoms with Gasteiger partial charge in [-0.05, 0) is 44.4 Å². The van der Waals surface area contributed by atoms with E-state index in [4.69, 9.17) is 10.3 Å². The van der Waals surface area contributed by atoms with Gasteiger partial charge >= 0.3 is 0 Å². The van der Waals surface area contributed by atoms with Gasteiger partial charge in [-0.15, -0.1) is 0 Å². The topological polar surface area (TPSA) is 64.9 Å². The fraction of sp³-hybridized carbons (Fsp3) is 0.500. The fourth-order valence-electron chi connectivity index (χ4n) is 3.03. The molecule has 4 nitrogen and oxygen atoms in total. The van der Waals surface area contributed by atoms with Gasteiger partial charge in [0.25, 0.3) is 0 Å². The molecular weight excluding hydrogens is 269 g/mol. The van der Waals surface area contributed by atoms with Gasteiger partial charge in [-0.3, -0.25) is 0 Å². The van der Waals surface area contributed by atoms with Crippen LogP contribution in [0.4, 0.5) is 4.39 Å². The van der Waals surface area contributed by atoms with Crippen LogP contribution >= 0.6 is 0 Å². The summed E-state index contributed by atoms with van der Waals surface area (Å²) in [6.07, 6.45) is 4.16. The lowest BCUT2D eigenvalue weighted by molar-refractivity contribution is 0.203. The maximum absolute atomic E-state index is 13.4. The second-order valence-corrected chi connectivity index (χ2v) is 6.15. The average molecular weight is 289 g/mol. The van der Waals surface area contributed by atoms with E-state index >= 15 is 0 Å². The highest BCUT2D eigenvalue weighted by molar-refractivity contribution is 5.59. The zero-order valence-corrected chi connectivity index (χ0v) is 12.4. The minimum atomic E-state index is -0.303. The number of nitrogens with two attached hydrogens (primary N) is 1. The molecule has 112 valence electrons. The third kappa shape index (κ3) is 2.46. The van der Waals surface area contributed by atoms with Crippen molar-refractivity contribution < 1.29 is 8.91 Å². The Morgan fingerprint density at radius 1 is 1.38 bits per heavy atom. The molecular formula is C16H20FN3O. The first kappa shape index (κ1) is 14.2. The summed E-state index contributed by atoms with van der Waals surface area (Å²) in [7, 11) is 0. The van der Waals surface area contributed by atoms with E-state index in [0.29, 0.717) is 17.3 Å². The Balaban J connectivity index is 1.98. The smallest absolute Gasteiger partial charge is 0.234 e. The first-order chi connectivity index (χ1) is 10.0. The second kappa shape index (κ2) is 5.22. The van der Waals surface area contributed by atoms with Crippen molar-refractivity contribution in [3.05, 3.63) is 35.5 Å². The predicted octanol–water partition coefficient (Wildman–Crippen LogP) is 3.34. The van der Waals surface area contributed by atoms with Crippen LogP contribution in [0.3, 0.4) is 0 Å². The largest absolute Gasteiger partial charge is 0.338 e. The first-order valence-electron chi connectivity index (χ1n) is 7.37. The minimum Gasteiger partial charge on any atom is -0.338 e. The molecule has 1 aromatic heterocycles. The van der Waals surface area contributed by atoms with Crippen LogP contribution in [-0.2, 0) is 5.41 Å². The SMILES string of the molecule is Cc1ccc(F)cc1-c1noc(C2(C)CCCCC2N)n1. The Morgan fingerprint density at radius 3 is 2.95 bits per heavy atom. The maximum Gasteiger partial charge on any atom is 0.234 e. The predicted molar refractivity (Wildman–Crippen MR) is 78.2 cm³/mol. The molecule has 2 atom stereocenters. The van der Waals surface area contributed by atoms with Gasteiger partial charge in [0.1, 0.15) is 5.82 Å². The summed E-state index contributed by atoms with van der Waals surface area (Å²) in [5, 5.41) is 4.03. The number of benzene rings is 1. The van der Waals surface area contributed by atoms with Gasteiger partial charge in [0.05, 0.1) is 5.41 Å². The van der Waals surface area contributed by atoms with Crippen molar-refractivity contribution in [1.82, 2.24) is 10.1 Å². The lowest BCUT2D eigenvalue weighted by atomic mass is 9.72. The summed E-state index contributed by atoms with van der Waals surface area (Å²) in [6, 6.07) is 4.60. The van der Waals surface area contributed by atoms with E-state index < -0.39 is 0 Å². The number of aromatic nitrogens is 2. The van der Waals surface area contributed by atoms with E-state index in [9.17, 15) is 4.39 Å². The molecule has 0 amide bonds. The van der Waals surface area contributed by atoms with Crippen LogP contribution in [0.15, 0.2) is 22.7 Å². The Labute approximate surface area is 123 Å². The summed E-state index contributed by atoms with van der Waals surface area (Å²) < 4.78 is 18.9. The molecule has 0 radical (unpaired) electrons. The quantitative estimate of drug-likeness (QED) is 0.920. The minimum absolute atomic E-state index is 0.0214. The normalized spacial score (nSPS) is 26.0. The fourth-order valence-corrected chi connectivity index (χ4v) is 3.03. The third-order valence-corrected chi connectivity index (χ3v) is 4.63. The Bertz CT molecular complexity index is 655. The summed E-state index contributed by atoms with van der Waals surface area (Å²) in [5.74, 6) is 0.692. The molecule has 0 bridgehead atoms. The molecule has 21 heavy (non-hydrogen) atoms. The van der Waals surface area contributed by atoms with Crippen LogP contribution in [0.2, 0.25) is 0 Å². The highest BCUT2D eigenvalue weighted by Crippen LogP contribution is 2.38. The second-order valence-electron chi connectivity index (χ2n) is 6.15. The van der Waals surface area contributed by atoms with Crippen molar-refractivity contribution in [1.29, 1.82) is 0 Å². The van der Waals surface area contributed by atoms with Gasteiger partial charge in [-0.2, -0.15) is 4.98 Å². The van der Waals surface area contributed by atoms with Crippen molar-refractivity contribution in [2.24, 2.45) is 5.73 Å². The third-order valence-electron chi connectivity index (χ3n) is 4.63. The van der Waals surface area contributed by atoms with Crippen LogP contribution in [0, 0.1) is 12.7 Å². The lowest BCUT2D eigenvalue weighted by Gasteiger charge is -2.35. The van der Waals surface area contributed by atoms with Crippen molar-refractivity contribution in [3.63, 3.8) is 0 Å². The molecule has 1 aromatic carbocycles. The Hall–Kier alpha value is -1.75. The molecule has 2 N–H and O–H groups in total. The molecule has 2 aromatic rings. The van der Waals surface area contributed by atoms with Crippen molar-refractivity contribution in [2.75, 3.05) is 0 Å². The summed E-state index contributed by atoms with van der Waals surface area (Å²) in [4.78, 5) is 4.50. The highest BCUT2D eigenvalue weighted by Gasteiger charge is 2.40. The van der Waals surface area contributed by atoms with E-state index in [-0.39, 0.29) is 17.3 Å². The average Bonchev–Trinajstić information content (AvgIpc) is 2.95. The van der Waals surface area contributed by atoms with E-state index in [1.54, 1.807) is 6.07 Å². The van der Waals surface area contributed by atoms with Crippen molar-refractivity contribution in [3.8, 4) is 11.4 Å². The molecule has 0 spiro atoms. The van der Waals surface area contributed by atoms with E-state index in [0.717, 1.165) is 31.2 Å². The van der Waals surface area contributed by atoms with E-state index in [1.807, 2.05) is 6.92 Å². The van der Waals surface area contributed by atoms with Gasteiger partial charge in [-0.1, -0.05) is 24.1 Å². The van der Waals surface area contributed by atoms with Gasteiger partial charge in [-0.25, -0.2) is 4.39 Å². The van der Waals surface area contributed by atoms with Crippen LogP contribution in [0.5, 0.6) is 0 Å². The zero-order chi connectivity index (χ0) is 15.0. The number of aryl methyl sites for hydroxylation is 1. The molecule has 0 saturated heterocycles. The molecule has 1 heterocycles. The van der Waals surface area contributed by atoms with E-state index in [2.05, 4.69) is 17.1 Å². The van der Waals surface area contributed by atoms with Gasteiger partial charge < -0.3 is 10.3 Å². The van der Waals surface area contributed by atoms with Crippen LogP contribution in [-0.4, -0.2) is 16.2 Å². The summed E-state index contributed by atoms with van der Waals surface area (Å²) in [6.45, 7) is 3.98. The molecule has 1 fully saturated rings. The van der Waals surface area contributed by atoms with Gasteiger partial charge in [0, 0.05) is 11.6 Å². The van der Waals surface area contributed by atoms with Gasteiger partial charge in [0.15, 0.2) is 0 Å². The Kier molecular flexibility index (Phi) is 3.53. The summed E-state index contributed by atoms with van der Waals surface area (Å²) in [5.41, 5.74) is 7.56. The van der Waals surface area contributed by atoms with Crippen LogP contribution < -0.4 is 5.73 Å². The zero-order valence-electron chi connectivity index (χ0n) is 12.4. The molecule has 1 aliphatic rings. The lowest BCUT2D eigenvalue weighted by Crippen LogP contribution is -2.45. The Morgan fingerprint density at radius 2 is 2.19 bits per heavy atom. The molecule has 0 aliphatic heterocycles. The molecule has 1 saturated carbocycles. The van der Waals surface area contributed by atoms with E-state index in [1.165, 1.54) is 12.1 Å². The number of hydrogen-bond donors (Lipinski definition) is 1. The standard InChI is InChI=1S/C16H20FN3O/c1-10-6-7-11(17)9-12(10)14-19-15(21-20-14)16(2)8-4-3-5-13(16)18/h6-7,9,13H,3-5,8,18H2,1-2H3. The molecule has 1 aliphatic carbocycles. The molecule has 2 unspecified atom stereocenters. The van der Waals surface area contributed by atoms with Crippen LogP contribution in [0.25, 0.3) is 11.4 Å². The van der Waals surface area contributed by atoms with Crippen LogP contribution in [0.1, 0.15) is 44.1 Å². The number of hydrogen-bond acceptors (Lipinski definition) is 4. The summed E-state index contributed by atoms with van der Waals surface area (Å²) >= 11 is 0. The maximum atomic E-state index is 13.4. The highest BCUT2D eigenvalue weighted by atomic mass is 19.1. The van der Waals surface area contributed by atoms with Gasteiger partial charge in [0.2, 0.25) is 11.7 Å². The monoisotopic (exact) mass is 289 g/mol. The van der Waals surface area contributed by atoms with Crippen molar-refractivity contribution in [2.45, 2.75) is 51.0 Å². The number of rotatable bonds is 2. The molecule has 3 rings (SSSR count). The number of nitrogens with zero attached hydrogens (tertiary/aromatic N) is 2. The van der Waals surface area contributed by atoms with Crippen molar-refractivity contribution >= 4 is 0 Å².